The van der Waals surface area contributed by atoms with Gasteiger partial charge in [-0.05, 0) is 43.2 Å². The number of nitrogens with zero attached hydrogens (tertiary/aromatic N) is 2. The van der Waals surface area contributed by atoms with Gasteiger partial charge < -0.3 is 5.32 Å². The minimum atomic E-state index is -1.37. The third-order valence-corrected chi connectivity index (χ3v) is 8.60. The van der Waals surface area contributed by atoms with Crippen LogP contribution in [0.25, 0.3) is 0 Å². The third kappa shape index (κ3) is 2.96. The first-order chi connectivity index (χ1) is 16.2. The lowest BCUT2D eigenvalue weighted by atomic mass is 9.76. The molecule has 3 unspecified atom stereocenters. The highest BCUT2D eigenvalue weighted by atomic mass is 35.5. The standard InChI is InChI=1S/C24H19Cl4N3O3/c25-11-5-12(26)7-15(6-11)31-21(32)16-10-30(14-3-1-2-4-14)24(19(16)22(31)33)17-8-13(27)9-18(28)20(17)29-23(24)34/h5-9,14,16,19H,1-4,10H2,(H,29,34). The molecule has 1 saturated carbocycles. The van der Waals surface area contributed by atoms with Crippen LogP contribution >= 0.6 is 46.4 Å². The molecule has 176 valence electrons. The van der Waals surface area contributed by atoms with Crippen molar-refractivity contribution < 1.29 is 14.4 Å². The Balaban J connectivity index is 1.55. The number of amides is 3. The van der Waals surface area contributed by atoms with Crippen LogP contribution in [0.3, 0.4) is 0 Å². The van der Waals surface area contributed by atoms with Gasteiger partial charge in [0.2, 0.25) is 11.8 Å². The Labute approximate surface area is 216 Å². The molecule has 3 amide bonds. The first kappa shape index (κ1) is 22.6. The Hall–Kier alpha value is -1.83. The van der Waals surface area contributed by atoms with Gasteiger partial charge in [0.15, 0.2) is 0 Å². The fraction of sp³-hybridized carbons (Fsp3) is 0.375. The summed E-state index contributed by atoms with van der Waals surface area (Å²) in [5.74, 6) is -2.77. The smallest absolute Gasteiger partial charge is 0.250 e. The number of carbonyl (C=O) groups excluding carboxylic acids is 3. The highest BCUT2D eigenvalue weighted by molar-refractivity contribution is 6.38. The van der Waals surface area contributed by atoms with Crippen LogP contribution in [0.4, 0.5) is 11.4 Å². The Morgan fingerprint density at radius 2 is 1.50 bits per heavy atom. The lowest BCUT2D eigenvalue weighted by Crippen LogP contribution is -2.56. The quantitative estimate of drug-likeness (QED) is 0.512. The molecule has 3 atom stereocenters. The molecule has 3 fully saturated rings. The van der Waals surface area contributed by atoms with Crippen molar-refractivity contribution in [2.75, 3.05) is 16.8 Å². The van der Waals surface area contributed by atoms with Crippen LogP contribution in [0, 0.1) is 11.8 Å². The SMILES string of the molecule is O=C1C2CN(C3CCCC3)C3(C(=O)Nc4c(Cl)cc(Cl)cc43)C2C(=O)N1c1cc(Cl)cc(Cl)c1. The normalized spacial score (nSPS) is 28.8. The molecule has 34 heavy (non-hydrogen) atoms. The fourth-order valence-corrected chi connectivity index (χ4v) is 7.47. The molecular formula is C24H19Cl4N3O3. The number of rotatable bonds is 2. The van der Waals surface area contributed by atoms with E-state index in [0.717, 1.165) is 30.6 Å². The molecule has 6 rings (SSSR count). The largest absolute Gasteiger partial charge is 0.323 e. The molecule has 2 aromatic carbocycles. The second-order valence-corrected chi connectivity index (χ2v) is 11.1. The topological polar surface area (TPSA) is 69.7 Å². The second-order valence-electron chi connectivity index (χ2n) is 9.35. The molecule has 0 radical (unpaired) electrons. The number of halogens is 4. The lowest BCUT2D eigenvalue weighted by Gasteiger charge is -2.40. The van der Waals surface area contributed by atoms with Crippen LogP contribution in [0.15, 0.2) is 30.3 Å². The lowest BCUT2D eigenvalue weighted by molar-refractivity contribution is -0.136. The van der Waals surface area contributed by atoms with Gasteiger partial charge in [-0.3, -0.25) is 19.3 Å². The molecule has 1 spiro atoms. The zero-order valence-electron chi connectivity index (χ0n) is 17.8. The zero-order valence-corrected chi connectivity index (χ0v) is 20.8. The van der Waals surface area contributed by atoms with E-state index in [9.17, 15) is 14.4 Å². The number of likely N-dealkylation sites (tertiary alicyclic amines) is 1. The number of benzene rings is 2. The molecule has 6 nitrogen and oxygen atoms in total. The maximum absolute atomic E-state index is 14.0. The third-order valence-electron chi connectivity index (χ3n) is 7.64. The molecule has 1 N–H and O–H groups in total. The maximum Gasteiger partial charge on any atom is 0.250 e. The van der Waals surface area contributed by atoms with E-state index in [1.54, 1.807) is 12.1 Å². The number of hydrogen-bond donors (Lipinski definition) is 1. The number of hydrogen-bond acceptors (Lipinski definition) is 4. The van der Waals surface area contributed by atoms with Gasteiger partial charge in [0.25, 0.3) is 5.91 Å². The average molecular weight is 539 g/mol. The molecule has 3 aliphatic heterocycles. The Kier molecular flexibility index (Phi) is 5.21. The summed E-state index contributed by atoms with van der Waals surface area (Å²) in [5, 5.41) is 4.19. The number of nitrogens with one attached hydrogen (secondary N) is 1. The molecule has 3 heterocycles. The van der Waals surface area contributed by atoms with Crippen molar-refractivity contribution in [3.05, 3.63) is 56.0 Å². The van der Waals surface area contributed by atoms with E-state index in [1.807, 2.05) is 0 Å². The van der Waals surface area contributed by atoms with Gasteiger partial charge in [-0.1, -0.05) is 59.2 Å². The Bertz CT molecular complexity index is 1260. The summed E-state index contributed by atoms with van der Waals surface area (Å²) in [6, 6.07) is 7.93. The van der Waals surface area contributed by atoms with Crippen molar-refractivity contribution >= 4 is 75.5 Å². The highest BCUT2D eigenvalue weighted by Gasteiger charge is 2.72. The molecule has 10 heteroatoms. The predicted molar refractivity (Wildman–Crippen MR) is 132 cm³/mol. The molecular weight excluding hydrogens is 520 g/mol. The van der Waals surface area contributed by atoms with Crippen molar-refractivity contribution in [1.82, 2.24) is 4.90 Å². The summed E-state index contributed by atoms with van der Waals surface area (Å²) in [5.41, 5.74) is -0.0640. The van der Waals surface area contributed by atoms with Gasteiger partial charge in [-0.15, -0.1) is 0 Å². The van der Waals surface area contributed by atoms with Crippen molar-refractivity contribution in [2.24, 2.45) is 11.8 Å². The molecule has 4 aliphatic rings. The van der Waals surface area contributed by atoms with Crippen molar-refractivity contribution in [1.29, 1.82) is 0 Å². The first-order valence-electron chi connectivity index (χ1n) is 11.1. The van der Waals surface area contributed by atoms with E-state index >= 15 is 0 Å². The Morgan fingerprint density at radius 3 is 2.18 bits per heavy atom. The van der Waals surface area contributed by atoms with Crippen LogP contribution in [-0.4, -0.2) is 35.2 Å². The number of imide groups is 1. The van der Waals surface area contributed by atoms with E-state index in [0.29, 0.717) is 43.6 Å². The molecule has 1 aliphatic carbocycles. The van der Waals surface area contributed by atoms with Crippen molar-refractivity contribution in [3.8, 4) is 0 Å². The second kappa shape index (κ2) is 7.84. The summed E-state index contributed by atoms with van der Waals surface area (Å²) in [6.07, 6.45) is 3.86. The van der Waals surface area contributed by atoms with Gasteiger partial charge >= 0.3 is 0 Å². The summed E-state index contributed by atoms with van der Waals surface area (Å²) < 4.78 is 0. The molecule has 2 aromatic rings. The summed E-state index contributed by atoms with van der Waals surface area (Å²) >= 11 is 25.2. The average Bonchev–Trinajstić information content (AvgIpc) is 3.50. The fourth-order valence-electron chi connectivity index (χ4n) is 6.42. The summed E-state index contributed by atoms with van der Waals surface area (Å²) in [7, 11) is 0. The van der Waals surface area contributed by atoms with Crippen LogP contribution in [0.2, 0.25) is 20.1 Å². The van der Waals surface area contributed by atoms with Crippen LogP contribution in [0.5, 0.6) is 0 Å². The van der Waals surface area contributed by atoms with Gasteiger partial charge in [0.1, 0.15) is 5.54 Å². The van der Waals surface area contributed by atoms with E-state index < -0.39 is 23.3 Å². The zero-order chi connectivity index (χ0) is 23.9. The number of carbonyl (C=O) groups is 3. The van der Waals surface area contributed by atoms with Gasteiger partial charge in [-0.2, -0.15) is 0 Å². The first-order valence-corrected chi connectivity index (χ1v) is 12.7. The predicted octanol–water partition coefficient (Wildman–Crippen LogP) is 5.51. The minimum absolute atomic E-state index is 0.0784. The van der Waals surface area contributed by atoms with Crippen molar-refractivity contribution in [2.45, 2.75) is 37.3 Å². The van der Waals surface area contributed by atoms with Crippen LogP contribution in [-0.2, 0) is 19.9 Å². The summed E-state index contributed by atoms with van der Waals surface area (Å²) in [4.78, 5) is 44.7. The molecule has 0 aromatic heterocycles. The maximum atomic E-state index is 14.0. The molecule has 2 saturated heterocycles. The van der Waals surface area contributed by atoms with Gasteiger partial charge in [0, 0.05) is 33.2 Å². The molecule has 0 bridgehead atoms. The van der Waals surface area contributed by atoms with E-state index in [1.165, 1.54) is 18.2 Å². The van der Waals surface area contributed by atoms with E-state index in [4.69, 9.17) is 46.4 Å². The van der Waals surface area contributed by atoms with E-state index in [2.05, 4.69) is 10.2 Å². The minimum Gasteiger partial charge on any atom is -0.323 e. The Morgan fingerprint density at radius 1 is 0.853 bits per heavy atom. The summed E-state index contributed by atoms with van der Waals surface area (Å²) in [6.45, 7) is 0.293. The van der Waals surface area contributed by atoms with Crippen molar-refractivity contribution in [3.63, 3.8) is 0 Å². The number of fused-ring (bicyclic) bond motifs is 4. The monoisotopic (exact) mass is 537 g/mol. The highest BCUT2D eigenvalue weighted by Crippen LogP contribution is 2.59. The number of anilines is 2. The van der Waals surface area contributed by atoms with Crippen LogP contribution in [0.1, 0.15) is 31.2 Å². The van der Waals surface area contributed by atoms with E-state index in [-0.39, 0.29) is 17.9 Å². The van der Waals surface area contributed by atoms with Crippen LogP contribution < -0.4 is 10.2 Å². The van der Waals surface area contributed by atoms with Gasteiger partial charge in [0.05, 0.1) is 28.2 Å². The van der Waals surface area contributed by atoms with Gasteiger partial charge in [-0.25, -0.2) is 4.90 Å².